The van der Waals surface area contributed by atoms with E-state index in [0.29, 0.717) is 0 Å². The Bertz CT molecular complexity index is 356. The van der Waals surface area contributed by atoms with Crippen LogP contribution in [0.2, 0.25) is 0 Å². The maximum absolute atomic E-state index is 11.9. The second-order valence-corrected chi connectivity index (χ2v) is 3.59. The van der Waals surface area contributed by atoms with Crippen LogP contribution >= 0.6 is 0 Å². The SMILES string of the molecule is CC(C#N)CCc1ccc(OC(F)F)cc1. The molecule has 0 aliphatic heterocycles. The summed E-state index contributed by atoms with van der Waals surface area (Å²) in [7, 11) is 0. The fraction of sp³-hybridized carbons (Fsp3) is 0.417. The highest BCUT2D eigenvalue weighted by atomic mass is 19.3. The van der Waals surface area contributed by atoms with Crippen LogP contribution in [-0.2, 0) is 6.42 Å². The van der Waals surface area contributed by atoms with Crippen molar-refractivity contribution in [3.8, 4) is 11.8 Å². The lowest BCUT2D eigenvalue weighted by atomic mass is 10.0. The van der Waals surface area contributed by atoms with E-state index in [-0.39, 0.29) is 11.7 Å². The van der Waals surface area contributed by atoms with Crippen molar-refractivity contribution in [3.63, 3.8) is 0 Å². The van der Waals surface area contributed by atoms with Crippen molar-refractivity contribution in [1.29, 1.82) is 5.26 Å². The lowest BCUT2D eigenvalue weighted by Gasteiger charge is -2.06. The predicted molar refractivity (Wildman–Crippen MR) is 56.2 cm³/mol. The number of halogens is 2. The van der Waals surface area contributed by atoms with Crippen LogP contribution in [0.4, 0.5) is 8.78 Å². The normalized spacial score (nSPS) is 12.2. The molecule has 1 aromatic carbocycles. The second-order valence-electron chi connectivity index (χ2n) is 3.59. The fourth-order valence-corrected chi connectivity index (χ4v) is 1.29. The molecule has 0 radical (unpaired) electrons. The van der Waals surface area contributed by atoms with Gasteiger partial charge in [-0.2, -0.15) is 14.0 Å². The number of benzene rings is 1. The molecule has 0 aromatic heterocycles. The molecule has 0 fully saturated rings. The molecule has 0 saturated carbocycles. The Kier molecular flexibility index (Phi) is 4.71. The Balaban J connectivity index is 2.49. The summed E-state index contributed by atoms with van der Waals surface area (Å²) in [6, 6.07) is 8.65. The van der Waals surface area contributed by atoms with Crippen LogP contribution in [0.15, 0.2) is 24.3 Å². The average molecular weight is 225 g/mol. The predicted octanol–water partition coefficient (Wildman–Crippen LogP) is 3.38. The van der Waals surface area contributed by atoms with Crippen molar-refractivity contribution >= 4 is 0 Å². The molecule has 1 aromatic rings. The quantitative estimate of drug-likeness (QED) is 0.769. The Hall–Kier alpha value is -1.63. The van der Waals surface area contributed by atoms with E-state index in [0.717, 1.165) is 18.4 Å². The highest BCUT2D eigenvalue weighted by molar-refractivity contribution is 5.27. The molecule has 1 atom stereocenters. The zero-order valence-electron chi connectivity index (χ0n) is 8.99. The van der Waals surface area contributed by atoms with Crippen molar-refractivity contribution in [2.45, 2.75) is 26.4 Å². The molecule has 0 amide bonds. The van der Waals surface area contributed by atoms with Gasteiger partial charge in [0.15, 0.2) is 0 Å². The summed E-state index contributed by atoms with van der Waals surface area (Å²) in [5.74, 6) is 0.170. The Labute approximate surface area is 93.5 Å². The van der Waals surface area contributed by atoms with Crippen LogP contribution in [0.5, 0.6) is 5.75 Å². The van der Waals surface area contributed by atoms with Gasteiger partial charge in [0, 0.05) is 5.92 Å². The smallest absolute Gasteiger partial charge is 0.387 e. The standard InChI is InChI=1S/C12H13F2NO/c1-9(8-15)2-3-10-4-6-11(7-5-10)16-12(13)14/h4-7,9,12H,2-3H2,1H3. The molecule has 2 nitrogen and oxygen atoms in total. The van der Waals surface area contributed by atoms with Crippen molar-refractivity contribution < 1.29 is 13.5 Å². The first-order valence-corrected chi connectivity index (χ1v) is 5.05. The van der Waals surface area contributed by atoms with Crippen molar-refractivity contribution in [2.75, 3.05) is 0 Å². The van der Waals surface area contributed by atoms with E-state index in [1.807, 2.05) is 6.92 Å². The molecule has 86 valence electrons. The van der Waals surface area contributed by atoms with E-state index >= 15 is 0 Å². The Morgan fingerprint density at radius 3 is 2.44 bits per heavy atom. The third-order valence-electron chi connectivity index (χ3n) is 2.23. The van der Waals surface area contributed by atoms with Gasteiger partial charge >= 0.3 is 6.61 Å². The van der Waals surface area contributed by atoms with Gasteiger partial charge in [0.25, 0.3) is 0 Å². The number of rotatable bonds is 5. The molecule has 0 saturated heterocycles. The zero-order chi connectivity index (χ0) is 12.0. The number of ether oxygens (including phenoxy) is 1. The van der Waals surface area contributed by atoms with Gasteiger partial charge in [0.2, 0.25) is 0 Å². The Morgan fingerprint density at radius 2 is 1.94 bits per heavy atom. The molecule has 0 bridgehead atoms. The molecule has 0 aliphatic rings. The van der Waals surface area contributed by atoms with Crippen LogP contribution < -0.4 is 4.74 Å². The molecule has 0 spiro atoms. The minimum atomic E-state index is -2.79. The summed E-state index contributed by atoms with van der Waals surface area (Å²) in [6.07, 6.45) is 1.54. The van der Waals surface area contributed by atoms with E-state index < -0.39 is 6.61 Å². The van der Waals surface area contributed by atoms with Crippen LogP contribution in [0.25, 0.3) is 0 Å². The van der Waals surface area contributed by atoms with Crippen LogP contribution in [-0.4, -0.2) is 6.61 Å². The van der Waals surface area contributed by atoms with Gasteiger partial charge < -0.3 is 4.74 Å². The maximum atomic E-state index is 11.9. The van der Waals surface area contributed by atoms with Gasteiger partial charge in [-0.05, 0) is 37.5 Å². The molecule has 0 N–H and O–H groups in total. The maximum Gasteiger partial charge on any atom is 0.387 e. The summed E-state index contributed by atoms with van der Waals surface area (Å²) in [5.41, 5.74) is 1.02. The summed E-state index contributed by atoms with van der Waals surface area (Å²) in [6.45, 7) is -0.932. The molecule has 16 heavy (non-hydrogen) atoms. The third kappa shape index (κ3) is 4.26. The monoisotopic (exact) mass is 225 g/mol. The van der Waals surface area contributed by atoms with E-state index in [1.165, 1.54) is 12.1 Å². The van der Waals surface area contributed by atoms with Crippen molar-refractivity contribution in [3.05, 3.63) is 29.8 Å². The molecule has 1 rings (SSSR count). The summed E-state index contributed by atoms with van der Waals surface area (Å²) >= 11 is 0. The lowest BCUT2D eigenvalue weighted by Crippen LogP contribution is -2.01. The van der Waals surface area contributed by atoms with Gasteiger partial charge in [-0.15, -0.1) is 0 Å². The zero-order valence-corrected chi connectivity index (χ0v) is 8.99. The van der Waals surface area contributed by atoms with Crippen LogP contribution in [0, 0.1) is 17.2 Å². The van der Waals surface area contributed by atoms with Gasteiger partial charge in [-0.3, -0.25) is 0 Å². The average Bonchev–Trinajstić information content (AvgIpc) is 2.27. The topological polar surface area (TPSA) is 33.0 Å². The fourth-order valence-electron chi connectivity index (χ4n) is 1.29. The highest BCUT2D eigenvalue weighted by Gasteiger charge is 2.04. The van der Waals surface area contributed by atoms with E-state index in [4.69, 9.17) is 5.26 Å². The summed E-state index contributed by atoms with van der Waals surface area (Å²) in [4.78, 5) is 0. The second kappa shape index (κ2) is 6.06. The van der Waals surface area contributed by atoms with E-state index in [1.54, 1.807) is 12.1 Å². The van der Waals surface area contributed by atoms with Crippen molar-refractivity contribution in [1.82, 2.24) is 0 Å². The largest absolute Gasteiger partial charge is 0.435 e. The summed E-state index contributed by atoms with van der Waals surface area (Å²) in [5, 5.41) is 8.60. The lowest BCUT2D eigenvalue weighted by molar-refractivity contribution is -0.0498. The van der Waals surface area contributed by atoms with Gasteiger partial charge in [0.1, 0.15) is 5.75 Å². The number of nitrogens with zero attached hydrogens (tertiary/aromatic N) is 1. The first kappa shape index (κ1) is 12.4. The number of nitriles is 1. The molecule has 4 heteroatoms. The van der Waals surface area contributed by atoms with Crippen molar-refractivity contribution in [2.24, 2.45) is 5.92 Å². The van der Waals surface area contributed by atoms with Gasteiger partial charge in [-0.1, -0.05) is 12.1 Å². The molecule has 0 heterocycles. The third-order valence-corrected chi connectivity index (χ3v) is 2.23. The number of hydrogen-bond donors (Lipinski definition) is 0. The summed E-state index contributed by atoms with van der Waals surface area (Å²) < 4.78 is 28.0. The van der Waals surface area contributed by atoms with Crippen LogP contribution in [0.3, 0.4) is 0 Å². The molecule has 0 aliphatic carbocycles. The van der Waals surface area contributed by atoms with E-state index in [9.17, 15) is 8.78 Å². The highest BCUT2D eigenvalue weighted by Crippen LogP contribution is 2.16. The molecular formula is C12H13F2NO. The van der Waals surface area contributed by atoms with E-state index in [2.05, 4.69) is 10.8 Å². The minimum Gasteiger partial charge on any atom is -0.435 e. The number of hydrogen-bond acceptors (Lipinski definition) is 2. The Morgan fingerprint density at radius 1 is 1.31 bits per heavy atom. The number of aryl methyl sites for hydroxylation is 1. The van der Waals surface area contributed by atoms with Crippen LogP contribution in [0.1, 0.15) is 18.9 Å². The first-order chi connectivity index (χ1) is 7.61. The first-order valence-electron chi connectivity index (χ1n) is 5.05. The number of alkyl halides is 2. The molecular weight excluding hydrogens is 212 g/mol. The minimum absolute atomic E-state index is 0.0111. The van der Waals surface area contributed by atoms with Gasteiger partial charge in [-0.25, -0.2) is 0 Å². The van der Waals surface area contributed by atoms with Gasteiger partial charge in [0.05, 0.1) is 6.07 Å². The molecule has 1 unspecified atom stereocenters.